The number of hydrogen-bond acceptors (Lipinski definition) is 6. The lowest BCUT2D eigenvalue weighted by Gasteiger charge is -2.31. The molecule has 1 aromatic heterocycles. The average Bonchev–Trinajstić information content (AvgIpc) is 3.14. The Labute approximate surface area is 181 Å². The molecule has 1 saturated heterocycles. The molecule has 1 N–H and O–H groups in total. The minimum Gasteiger partial charge on any atom is -0.356 e. The van der Waals surface area contributed by atoms with Crippen molar-refractivity contribution in [2.24, 2.45) is 0 Å². The van der Waals surface area contributed by atoms with Crippen LogP contribution in [-0.4, -0.2) is 61.9 Å². The largest absolute Gasteiger partial charge is 0.356 e. The Morgan fingerprint density at radius 3 is 2.52 bits per heavy atom. The van der Waals surface area contributed by atoms with Crippen LogP contribution in [-0.2, 0) is 27.8 Å². The predicted octanol–water partition coefficient (Wildman–Crippen LogP) is 1.93. The van der Waals surface area contributed by atoms with Crippen LogP contribution in [0.5, 0.6) is 0 Å². The maximum absolute atomic E-state index is 12.8. The Kier molecular flexibility index (Phi) is 6.08. The van der Waals surface area contributed by atoms with Crippen LogP contribution in [0.4, 0.5) is 0 Å². The first-order valence-electron chi connectivity index (χ1n) is 10.2. The number of carbonyl (C=O) groups is 1. The topological polar surface area (TPSA) is 95.8 Å². The van der Waals surface area contributed by atoms with Crippen LogP contribution in [0.15, 0.2) is 51.9 Å². The second-order valence-corrected chi connectivity index (χ2v) is 9.87. The molecule has 0 atom stereocenters. The second-order valence-electron chi connectivity index (χ2n) is 7.93. The molecule has 1 amide bonds. The molecule has 164 valence electrons. The molecule has 1 fully saturated rings. The maximum atomic E-state index is 12.8. The molecule has 0 spiro atoms. The lowest BCUT2D eigenvalue weighted by atomic mass is 10.1. The van der Waals surface area contributed by atoms with E-state index in [1.807, 2.05) is 32.2 Å². The standard InChI is InChI=1S/C22H26N4O4S/c1-16-3-8-21-19(13-16)20(24-30-21)14-22(27)23-15-17-4-6-18(7-5-17)31(28,29)26-11-9-25(2)10-12-26/h3-8,13H,9-12,14-15H2,1-2H3,(H,23,27). The van der Waals surface area contributed by atoms with Gasteiger partial charge in [-0.25, -0.2) is 8.42 Å². The molecular weight excluding hydrogens is 416 g/mol. The number of benzene rings is 2. The highest BCUT2D eigenvalue weighted by Gasteiger charge is 2.27. The number of amides is 1. The third-order valence-electron chi connectivity index (χ3n) is 5.54. The summed E-state index contributed by atoms with van der Waals surface area (Å²) in [6.07, 6.45) is 0.117. The number of hydrogen-bond donors (Lipinski definition) is 1. The Hall–Kier alpha value is -2.75. The lowest BCUT2D eigenvalue weighted by Crippen LogP contribution is -2.47. The quantitative estimate of drug-likeness (QED) is 0.627. The van der Waals surface area contributed by atoms with Crippen molar-refractivity contribution in [3.63, 3.8) is 0 Å². The first kappa shape index (κ1) is 21.5. The predicted molar refractivity (Wildman–Crippen MR) is 117 cm³/mol. The number of nitrogens with zero attached hydrogens (tertiary/aromatic N) is 3. The van der Waals surface area contributed by atoms with E-state index in [1.54, 1.807) is 24.3 Å². The molecule has 9 heteroatoms. The molecule has 0 bridgehead atoms. The van der Waals surface area contributed by atoms with E-state index in [2.05, 4.69) is 15.4 Å². The molecule has 0 radical (unpaired) electrons. The van der Waals surface area contributed by atoms with Gasteiger partial charge in [0.15, 0.2) is 5.58 Å². The van der Waals surface area contributed by atoms with Gasteiger partial charge in [-0.1, -0.05) is 28.9 Å². The van der Waals surface area contributed by atoms with Crippen molar-refractivity contribution in [3.8, 4) is 0 Å². The van der Waals surface area contributed by atoms with E-state index >= 15 is 0 Å². The second kappa shape index (κ2) is 8.78. The molecule has 1 aliphatic rings. The summed E-state index contributed by atoms with van der Waals surface area (Å²) < 4.78 is 32.4. The minimum atomic E-state index is -3.49. The van der Waals surface area contributed by atoms with Gasteiger partial charge in [-0.15, -0.1) is 0 Å². The van der Waals surface area contributed by atoms with Crippen LogP contribution < -0.4 is 5.32 Å². The monoisotopic (exact) mass is 442 g/mol. The van der Waals surface area contributed by atoms with Crippen LogP contribution >= 0.6 is 0 Å². The van der Waals surface area contributed by atoms with Crippen LogP contribution in [0.2, 0.25) is 0 Å². The van der Waals surface area contributed by atoms with E-state index in [1.165, 1.54) is 4.31 Å². The summed E-state index contributed by atoms with van der Waals surface area (Å²) in [6, 6.07) is 12.4. The maximum Gasteiger partial charge on any atom is 0.243 e. The summed E-state index contributed by atoms with van der Waals surface area (Å²) in [6.45, 7) is 4.72. The van der Waals surface area contributed by atoms with E-state index in [0.29, 0.717) is 30.9 Å². The molecule has 31 heavy (non-hydrogen) atoms. The van der Waals surface area contributed by atoms with Gasteiger partial charge in [-0.05, 0) is 43.8 Å². The molecule has 8 nitrogen and oxygen atoms in total. The van der Waals surface area contributed by atoms with Gasteiger partial charge >= 0.3 is 0 Å². The van der Waals surface area contributed by atoms with Gasteiger partial charge in [0.05, 0.1) is 11.3 Å². The van der Waals surface area contributed by atoms with E-state index in [-0.39, 0.29) is 17.2 Å². The molecular formula is C22H26N4O4S. The highest BCUT2D eigenvalue weighted by Crippen LogP contribution is 2.21. The fourth-order valence-corrected chi connectivity index (χ4v) is 5.02. The van der Waals surface area contributed by atoms with Gasteiger partial charge in [0.2, 0.25) is 15.9 Å². The summed E-state index contributed by atoms with van der Waals surface area (Å²) in [4.78, 5) is 14.8. The number of nitrogens with one attached hydrogen (secondary N) is 1. The fraction of sp³-hybridized carbons (Fsp3) is 0.364. The van der Waals surface area contributed by atoms with E-state index in [9.17, 15) is 13.2 Å². The number of carbonyl (C=O) groups excluding carboxylic acids is 1. The first-order chi connectivity index (χ1) is 14.8. The van der Waals surface area contributed by atoms with Crippen molar-refractivity contribution in [3.05, 3.63) is 59.3 Å². The molecule has 0 saturated carbocycles. The summed E-state index contributed by atoms with van der Waals surface area (Å²) in [5, 5.41) is 7.71. The zero-order valence-electron chi connectivity index (χ0n) is 17.7. The van der Waals surface area contributed by atoms with Gasteiger partial charge in [0, 0.05) is 38.1 Å². The van der Waals surface area contributed by atoms with Gasteiger partial charge in [0.1, 0.15) is 5.69 Å². The van der Waals surface area contributed by atoms with Gasteiger partial charge in [0.25, 0.3) is 0 Å². The van der Waals surface area contributed by atoms with Gasteiger partial charge in [-0.3, -0.25) is 4.79 Å². The highest BCUT2D eigenvalue weighted by atomic mass is 32.2. The zero-order chi connectivity index (χ0) is 22.0. The summed E-state index contributed by atoms with van der Waals surface area (Å²) in [5.41, 5.74) is 3.16. The summed E-state index contributed by atoms with van der Waals surface area (Å²) >= 11 is 0. The lowest BCUT2D eigenvalue weighted by molar-refractivity contribution is -0.120. The number of likely N-dealkylation sites (N-methyl/N-ethyl adjacent to an activating group) is 1. The SMILES string of the molecule is Cc1ccc2onc(CC(=O)NCc3ccc(S(=O)(=O)N4CCN(C)CC4)cc3)c2c1. The molecule has 0 aliphatic carbocycles. The normalized spacial score (nSPS) is 15.9. The molecule has 2 heterocycles. The zero-order valence-corrected chi connectivity index (χ0v) is 18.5. The van der Waals surface area contributed by atoms with Crippen molar-refractivity contribution >= 4 is 26.9 Å². The number of aromatic nitrogens is 1. The van der Waals surface area contributed by atoms with Crippen LogP contribution in [0.25, 0.3) is 11.0 Å². The Bertz CT molecular complexity index is 1180. The van der Waals surface area contributed by atoms with Crippen LogP contribution in [0.3, 0.4) is 0 Å². The molecule has 2 aromatic carbocycles. The fourth-order valence-electron chi connectivity index (χ4n) is 3.60. The Morgan fingerprint density at radius 2 is 1.81 bits per heavy atom. The number of piperazine rings is 1. The first-order valence-corrected chi connectivity index (χ1v) is 11.7. The smallest absolute Gasteiger partial charge is 0.243 e. The van der Waals surface area contributed by atoms with Crippen LogP contribution in [0.1, 0.15) is 16.8 Å². The summed E-state index contributed by atoms with van der Waals surface area (Å²) in [5.74, 6) is -0.175. The Balaban J connectivity index is 1.35. The van der Waals surface area contributed by atoms with Crippen molar-refractivity contribution in [1.82, 2.24) is 19.7 Å². The molecule has 0 unspecified atom stereocenters. The highest BCUT2D eigenvalue weighted by molar-refractivity contribution is 7.89. The molecule has 1 aliphatic heterocycles. The number of rotatable bonds is 6. The van der Waals surface area contributed by atoms with Crippen LogP contribution in [0, 0.1) is 6.92 Å². The third kappa shape index (κ3) is 4.79. The third-order valence-corrected chi connectivity index (χ3v) is 7.45. The van der Waals surface area contributed by atoms with Crippen molar-refractivity contribution in [2.75, 3.05) is 33.2 Å². The molecule has 3 aromatic rings. The summed E-state index contributed by atoms with van der Waals surface area (Å²) in [7, 11) is -1.51. The van der Waals surface area contributed by atoms with Crippen molar-refractivity contribution in [2.45, 2.75) is 24.8 Å². The number of aryl methyl sites for hydroxylation is 1. The number of fused-ring (bicyclic) bond motifs is 1. The van der Waals surface area contributed by atoms with Gasteiger partial charge < -0.3 is 14.7 Å². The van der Waals surface area contributed by atoms with Crippen molar-refractivity contribution in [1.29, 1.82) is 0 Å². The molecule has 4 rings (SSSR count). The van der Waals surface area contributed by atoms with Gasteiger partial charge in [-0.2, -0.15) is 4.31 Å². The van der Waals surface area contributed by atoms with E-state index in [4.69, 9.17) is 4.52 Å². The van der Waals surface area contributed by atoms with E-state index in [0.717, 1.165) is 29.6 Å². The average molecular weight is 443 g/mol. The Morgan fingerprint density at radius 1 is 1.10 bits per heavy atom. The van der Waals surface area contributed by atoms with Crippen molar-refractivity contribution < 1.29 is 17.7 Å². The van der Waals surface area contributed by atoms with E-state index < -0.39 is 10.0 Å². The minimum absolute atomic E-state index is 0.117. The number of sulfonamides is 1.